The Balaban J connectivity index is 1.75. The van der Waals surface area contributed by atoms with Crippen LogP contribution in [0.4, 0.5) is 10.2 Å². The molecule has 0 spiro atoms. The Bertz CT molecular complexity index is 868. The molecular weight excluding hydrogens is 345 g/mol. The second kappa shape index (κ2) is 7.88. The maximum atomic E-state index is 13.1. The number of aromatic nitrogens is 1. The molecule has 0 radical (unpaired) electrons. The molecule has 27 heavy (non-hydrogen) atoms. The van der Waals surface area contributed by atoms with Gasteiger partial charge in [-0.2, -0.15) is 0 Å². The minimum atomic E-state index is -0.604. The zero-order valence-corrected chi connectivity index (χ0v) is 15.6. The van der Waals surface area contributed by atoms with Crippen molar-refractivity contribution in [3.05, 3.63) is 60.1 Å². The van der Waals surface area contributed by atoms with Crippen molar-refractivity contribution in [2.24, 2.45) is 11.8 Å². The predicted octanol–water partition coefficient (Wildman–Crippen LogP) is 3.78. The molecule has 0 bridgehead atoms. The third kappa shape index (κ3) is 4.34. The number of rotatable bonds is 4. The number of benzene rings is 1. The van der Waals surface area contributed by atoms with Gasteiger partial charge >= 0.3 is 0 Å². The van der Waals surface area contributed by atoms with Crippen molar-refractivity contribution in [1.82, 2.24) is 9.88 Å². The summed E-state index contributed by atoms with van der Waals surface area (Å²) in [6.07, 6.45) is 1.03. The molecule has 3 rings (SSSR count). The fraction of sp³-hybridized carbons (Fsp3) is 0.333. The lowest BCUT2D eigenvalue weighted by atomic mass is 9.80. The standard InChI is InChI=1S/C21H24FN3O2/c1-13-12-25(3)10-9-16(13)14(2)18-5-4-6-20(23-18)24-21(27)17-8-7-15(22)11-19(17)26/h4-8,11,13,16,26H,2,9-10,12H2,1,3H3,(H,23,24,27)/t13-,16-/m1/s1. The number of phenols is 1. The lowest BCUT2D eigenvalue weighted by Gasteiger charge is -2.35. The van der Waals surface area contributed by atoms with Crippen molar-refractivity contribution in [2.75, 3.05) is 25.5 Å². The largest absolute Gasteiger partial charge is 0.507 e. The number of halogens is 1. The Morgan fingerprint density at radius 2 is 2.15 bits per heavy atom. The number of amides is 1. The quantitative estimate of drug-likeness (QED) is 0.861. The van der Waals surface area contributed by atoms with Gasteiger partial charge in [0.15, 0.2) is 0 Å². The predicted molar refractivity (Wildman–Crippen MR) is 104 cm³/mol. The number of allylic oxidation sites excluding steroid dienone is 1. The van der Waals surface area contributed by atoms with E-state index >= 15 is 0 Å². The molecule has 2 N–H and O–H groups in total. The molecule has 1 aromatic heterocycles. The minimum absolute atomic E-state index is 0.00799. The molecule has 1 aliphatic heterocycles. The first-order chi connectivity index (χ1) is 12.8. The third-order valence-corrected chi connectivity index (χ3v) is 5.08. The van der Waals surface area contributed by atoms with Crippen molar-refractivity contribution in [3.8, 4) is 5.75 Å². The van der Waals surface area contributed by atoms with E-state index in [1.54, 1.807) is 6.07 Å². The summed E-state index contributed by atoms with van der Waals surface area (Å²) in [6, 6.07) is 8.64. The number of anilines is 1. The lowest BCUT2D eigenvalue weighted by Crippen LogP contribution is -2.37. The molecular formula is C21H24FN3O2. The highest BCUT2D eigenvalue weighted by Crippen LogP contribution is 2.33. The van der Waals surface area contributed by atoms with Crippen molar-refractivity contribution in [2.45, 2.75) is 13.3 Å². The number of hydrogen-bond donors (Lipinski definition) is 2. The third-order valence-electron chi connectivity index (χ3n) is 5.08. The van der Waals surface area contributed by atoms with Crippen LogP contribution in [0.25, 0.3) is 5.57 Å². The van der Waals surface area contributed by atoms with E-state index in [2.05, 4.69) is 35.8 Å². The average Bonchev–Trinajstić information content (AvgIpc) is 2.61. The summed E-state index contributed by atoms with van der Waals surface area (Å²) in [4.78, 5) is 19.2. The second-order valence-electron chi connectivity index (χ2n) is 7.18. The monoisotopic (exact) mass is 369 g/mol. The van der Waals surface area contributed by atoms with Crippen LogP contribution in [0, 0.1) is 17.7 Å². The minimum Gasteiger partial charge on any atom is -0.507 e. The van der Waals surface area contributed by atoms with E-state index in [1.807, 2.05) is 12.1 Å². The number of pyridine rings is 1. The Hall–Kier alpha value is -2.73. The van der Waals surface area contributed by atoms with Gasteiger partial charge in [0.1, 0.15) is 17.4 Å². The van der Waals surface area contributed by atoms with Gasteiger partial charge in [0.2, 0.25) is 0 Å². The molecule has 1 saturated heterocycles. The van der Waals surface area contributed by atoms with Gasteiger partial charge in [-0.3, -0.25) is 4.79 Å². The van der Waals surface area contributed by atoms with Crippen LogP contribution in [-0.2, 0) is 0 Å². The van der Waals surface area contributed by atoms with Gasteiger partial charge in [-0.15, -0.1) is 0 Å². The summed E-state index contributed by atoms with van der Waals surface area (Å²) in [7, 11) is 2.12. The fourth-order valence-electron chi connectivity index (χ4n) is 3.63. The van der Waals surface area contributed by atoms with Crippen LogP contribution in [0.15, 0.2) is 43.0 Å². The number of piperidine rings is 1. The van der Waals surface area contributed by atoms with Gasteiger partial charge in [0.25, 0.3) is 5.91 Å². The van der Waals surface area contributed by atoms with Crippen LogP contribution in [-0.4, -0.2) is 41.0 Å². The van der Waals surface area contributed by atoms with Gasteiger partial charge in [0, 0.05) is 12.6 Å². The van der Waals surface area contributed by atoms with Gasteiger partial charge in [-0.25, -0.2) is 9.37 Å². The zero-order valence-electron chi connectivity index (χ0n) is 15.6. The highest BCUT2D eigenvalue weighted by Gasteiger charge is 2.27. The van der Waals surface area contributed by atoms with Crippen molar-refractivity contribution in [1.29, 1.82) is 0 Å². The number of carbonyl (C=O) groups is 1. The van der Waals surface area contributed by atoms with Crippen LogP contribution in [0.5, 0.6) is 5.75 Å². The molecule has 1 amide bonds. The normalized spacial score (nSPS) is 20.3. The maximum absolute atomic E-state index is 13.1. The van der Waals surface area contributed by atoms with E-state index in [0.29, 0.717) is 17.7 Å². The summed E-state index contributed by atoms with van der Waals surface area (Å²) in [6.45, 7) is 8.51. The number of nitrogens with one attached hydrogen (secondary N) is 1. The summed E-state index contributed by atoms with van der Waals surface area (Å²) < 4.78 is 13.1. The number of phenolic OH excluding ortho intramolecular Hbond substituents is 1. The van der Waals surface area contributed by atoms with E-state index in [0.717, 1.165) is 42.9 Å². The van der Waals surface area contributed by atoms with Gasteiger partial charge in [0.05, 0.1) is 11.3 Å². The molecule has 0 aliphatic carbocycles. The van der Waals surface area contributed by atoms with E-state index in [1.165, 1.54) is 6.07 Å². The zero-order chi connectivity index (χ0) is 19.6. The topological polar surface area (TPSA) is 65.5 Å². The number of aromatic hydroxyl groups is 1. The summed E-state index contributed by atoms with van der Waals surface area (Å²) in [5.74, 6) is -0.368. The first-order valence-electron chi connectivity index (χ1n) is 9.00. The van der Waals surface area contributed by atoms with Crippen LogP contribution < -0.4 is 5.32 Å². The number of hydrogen-bond acceptors (Lipinski definition) is 4. The fourth-order valence-corrected chi connectivity index (χ4v) is 3.63. The smallest absolute Gasteiger partial charge is 0.260 e. The van der Waals surface area contributed by atoms with Gasteiger partial charge in [-0.05, 0) is 61.7 Å². The highest BCUT2D eigenvalue weighted by atomic mass is 19.1. The van der Waals surface area contributed by atoms with Gasteiger partial charge < -0.3 is 15.3 Å². The molecule has 0 saturated carbocycles. The molecule has 0 unspecified atom stereocenters. The molecule has 1 aliphatic rings. The number of nitrogens with zero attached hydrogens (tertiary/aromatic N) is 2. The van der Waals surface area contributed by atoms with Crippen LogP contribution in [0.3, 0.4) is 0 Å². The molecule has 2 atom stereocenters. The first-order valence-corrected chi connectivity index (χ1v) is 9.00. The van der Waals surface area contributed by atoms with Crippen molar-refractivity contribution >= 4 is 17.3 Å². The van der Waals surface area contributed by atoms with Crippen molar-refractivity contribution in [3.63, 3.8) is 0 Å². The van der Waals surface area contributed by atoms with E-state index in [4.69, 9.17) is 0 Å². The van der Waals surface area contributed by atoms with Crippen LogP contribution in [0.1, 0.15) is 29.4 Å². The molecule has 1 fully saturated rings. The molecule has 142 valence electrons. The highest BCUT2D eigenvalue weighted by molar-refractivity contribution is 6.05. The number of carbonyl (C=O) groups excluding carboxylic acids is 1. The molecule has 5 nitrogen and oxygen atoms in total. The summed E-state index contributed by atoms with van der Waals surface area (Å²) >= 11 is 0. The summed E-state index contributed by atoms with van der Waals surface area (Å²) in [5.41, 5.74) is 1.71. The lowest BCUT2D eigenvalue weighted by molar-refractivity contribution is 0.102. The van der Waals surface area contributed by atoms with E-state index < -0.39 is 17.5 Å². The maximum Gasteiger partial charge on any atom is 0.260 e. The Labute approximate surface area is 158 Å². The number of likely N-dealkylation sites (tertiary alicyclic amines) is 1. The van der Waals surface area contributed by atoms with Crippen molar-refractivity contribution < 1.29 is 14.3 Å². The summed E-state index contributed by atoms with van der Waals surface area (Å²) in [5, 5.41) is 12.4. The van der Waals surface area contributed by atoms with E-state index in [-0.39, 0.29) is 5.56 Å². The van der Waals surface area contributed by atoms with E-state index in [9.17, 15) is 14.3 Å². The molecule has 2 aromatic rings. The Morgan fingerprint density at radius 3 is 2.85 bits per heavy atom. The van der Waals surface area contributed by atoms with Gasteiger partial charge in [-0.1, -0.05) is 19.6 Å². The Morgan fingerprint density at radius 1 is 1.37 bits per heavy atom. The first kappa shape index (κ1) is 19.0. The Kier molecular flexibility index (Phi) is 5.56. The second-order valence-corrected chi connectivity index (χ2v) is 7.18. The molecule has 1 aromatic carbocycles. The SMILES string of the molecule is C=C(c1cccc(NC(=O)c2ccc(F)cc2O)n1)[C@@H]1CCN(C)C[C@H]1C. The van der Waals surface area contributed by atoms with Crippen LogP contribution in [0.2, 0.25) is 0 Å². The van der Waals surface area contributed by atoms with Crippen LogP contribution >= 0.6 is 0 Å². The molecule has 2 heterocycles. The molecule has 6 heteroatoms. The average molecular weight is 369 g/mol.